The van der Waals surface area contributed by atoms with Gasteiger partial charge in [0.15, 0.2) is 0 Å². The van der Waals surface area contributed by atoms with Crippen LogP contribution in [0.15, 0.2) is 0 Å². The van der Waals surface area contributed by atoms with E-state index >= 15 is 0 Å². The number of urea groups is 1. The summed E-state index contributed by atoms with van der Waals surface area (Å²) < 4.78 is 0. The molecule has 0 atom stereocenters. The Morgan fingerprint density at radius 2 is 2.17 bits per heavy atom. The Morgan fingerprint density at radius 3 is 2.58 bits per heavy atom. The second kappa shape index (κ2) is 4.33. The molecule has 1 fully saturated rings. The molecule has 1 aliphatic rings. The molecule has 0 bridgehead atoms. The van der Waals surface area contributed by atoms with Crippen LogP contribution in [-0.4, -0.2) is 23.5 Å². The lowest BCUT2D eigenvalue weighted by Crippen LogP contribution is -2.38. The topological polar surface area (TPSA) is 46.3 Å². The molecular formula is C9H18N2O. The molecule has 70 valence electrons. The van der Waals surface area contributed by atoms with Crippen LogP contribution in [0, 0.1) is 0 Å². The van der Waals surface area contributed by atoms with Gasteiger partial charge in [-0.3, -0.25) is 0 Å². The average molecular weight is 170 g/mol. The van der Waals surface area contributed by atoms with Gasteiger partial charge in [-0.25, -0.2) is 4.79 Å². The van der Waals surface area contributed by atoms with Crippen LogP contribution in [0.5, 0.6) is 0 Å². The van der Waals surface area contributed by atoms with Gasteiger partial charge in [0.1, 0.15) is 0 Å². The van der Waals surface area contributed by atoms with E-state index in [1.54, 1.807) is 0 Å². The maximum Gasteiger partial charge on any atom is 0.315 e. The number of nitrogens with zero attached hydrogens (tertiary/aromatic N) is 1. The van der Waals surface area contributed by atoms with Crippen molar-refractivity contribution in [3.05, 3.63) is 0 Å². The first kappa shape index (κ1) is 9.36. The van der Waals surface area contributed by atoms with Crippen molar-refractivity contribution in [3.8, 4) is 0 Å². The summed E-state index contributed by atoms with van der Waals surface area (Å²) in [5.41, 5.74) is 5.25. The standard InChI is InChI=1S/C9H18N2O/c1-2-3-4-7-11(9(10)12)8-5-6-8/h8H,2-7H2,1H3,(H2,10,12). The summed E-state index contributed by atoms with van der Waals surface area (Å²) >= 11 is 0. The normalized spacial score (nSPS) is 16.1. The molecule has 0 unspecified atom stereocenters. The summed E-state index contributed by atoms with van der Waals surface area (Å²) in [6, 6.07) is 0.230. The molecule has 3 nitrogen and oxygen atoms in total. The minimum Gasteiger partial charge on any atom is -0.351 e. The molecule has 0 saturated heterocycles. The highest BCUT2D eigenvalue weighted by Crippen LogP contribution is 2.26. The van der Waals surface area contributed by atoms with Crippen molar-refractivity contribution < 1.29 is 4.79 Å². The molecule has 2 amide bonds. The number of rotatable bonds is 5. The van der Waals surface area contributed by atoms with Gasteiger partial charge in [0, 0.05) is 12.6 Å². The Bertz CT molecular complexity index is 155. The molecule has 1 saturated carbocycles. The molecule has 1 aliphatic carbocycles. The fraction of sp³-hybridized carbons (Fsp3) is 0.889. The van der Waals surface area contributed by atoms with Crippen LogP contribution in [0.1, 0.15) is 39.0 Å². The second-order valence-corrected chi connectivity index (χ2v) is 3.47. The van der Waals surface area contributed by atoms with E-state index < -0.39 is 0 Å². The van der Waals surface area contributed by atoms with Crippen LogP contribution in [0.3, 0.4) is 0 Å². The number of amides is 2. The predicted molar refractivity (Wildman–Crippen MR) is 48.8 cm³/mol. The number of primary amides is 1. The number of nitrogens with two attached hydrogens (primary N) is 1. The zero-order valence-corrected chi connectivity index (χ0v) is 7.75. The highest BCUT2D eigenvalue weighted by molar-refractivity contribution is 5.72. The largest absolute Gasteiger partial charge is 0.351 e. The molecule has 0 spiro atoms. The van der Waals surface area contributed by atoms with Crippen molar-refractivity contribution >= 4 is 6.03 Å². The first-order chi connectivity index (χ1) is 5.75. The molecule has 0 aromatic heterocycles. The van der Waals surface area contributed by atoms with Crippen molar-refractivity contribution in [2.24, 2.45) is 5.73 Å². The lowest BCUT2D eigenvalue weighted by atomic mass is 10.2. The van der Waals surface area contributed by atoms with E-state index in [2.05, 4.69) is 6.92 Å². The number of hydrogen-bond donors (Lipinski definition) is 1. The smallest absolute Gasteiger partial charge is 0.315 e. The second-order valence-electron chi connectivity index (χ2n) is 3.47. The van der Waals surface area contributed by atoms with E-state index in [9.17, 15) is 4.79 Å². The monoisotopic (exact) mass is 170 g/mol. The summed E-state index contributed by atoms with van der Waals surface area (Å²) in [4.78, 5) is 12.7. The first-order valence-electron chi connectivity index (χ1n) is 4.81. The van der Waals surface area contributed by atoms with Gasteiger partial charge in [0.2, 0.25) is 0 Å². The highest BCUT2D eigenvalue weighted by Gasteiger charge is 2.30. The molecule has 0 aromatic carbocycles. The predicted octanol–water partition coefficient (Wildman–Crippen LogP) is 1.72. The number of carbonyl (C=O) groups is 1. The Kier molecular flexibility index (Phi) is 3.38. The molecule has 0 aliphatic heterocycles. The Morgan fingerprint density at radius 1 is 1.50 bits per heavy atom. The summed E-state index contributed by atoms with van der Waals surface area (Å²) in [5, 5.41) is 0. The zero-order chi connectivity index (χ0) is 8.97. The van der Waals surface area contributed by atoms with Gasteiger partial charge in [0.25, 0.3) is 0 Å². The summed E-state index contributed by atoms with van der Waals surface area (Å²) in [6.45, 7) is 3.01. The summed E-state index contributed by atoms with van der Waals surface area (Å²) in [6.07, 6.45) is 5.77. The minimum absolute atomic E-state index is 0.242. The quantitative estimate of drug-likeness (QED) is 0.627. The summed E-state index contributed by atoms with van der Waals surface area (Å²) in [5.74, 6) is 0. The first-order valence-corrected chi connectivity index (χ1v) is 4.81. The van der Waals surface area contributed by atoms with Gasteiger partial charge in [-0.1, -0.05) is 19.8 Å². The van der Waals surface area contributed by atoms with Gasteiger partial charge in [-0.2, -0.15) is 0 Å². The van der Waals surface area contributed by atoms with Crippen molar-refractivity contribution in [3.63, 3.8) is 0 Å². The van der Waals surface area contributed by atoms with Crippen molar-refractivity contribution in [1.29, 1.82) is 0 Å². The maximum atomic E-state index is 10.9. The third-order valence-electron chi connectivity index (χ3n) is 2.27. The van der Waals surface area contributed by atoms with Crippen molar-refractivity contribution in [2.45, 2.75) is 45.1 Å². The fourth-order valence-electron chi connectivity index (χ4n) is 1.39. The van der Waals surface area contributed by atoms with Gasteiger partial charge >= 0.3 is 6.03 Å². The van der Waals surface area contributed by atoms with Gasteiger partial charge in [-0.15, -0.1) is 0 Å². The van der Waals surface area contributed by atoms with E-state index in [-0.39, 0.29) is 6.03 Å². The number of unbranched alkanes of at least 4 members (excludes halogenated alkanes) is 2. The van der Waals surface area contributed by atoms with Crippen LogP contribution in [0.4, 0.5) is 4.79 Å². The van der Waals surface area contributed by atoms with Crippen LogP contribution in [0.25, 0.3) is 0 Å². The molecular weight excluding hydrogens is 152 g/mol. The average Bonchev–Trinajstić information content (AvgIpc) is 2.80. The number of carbonyl (C=O) groups excluding carboxylic acids is 1. The number of hydrogen-bond acceptors (Lipinski definition) is 1. The Balaban J connectivity index is 2.19. The van der Waals surface area contributed by atoms with E-state index in [0.717, 1.165) is 25.8 Å². The molecule has 0 heterocycles. The van der Waals surface area contributed by atoms with Crippen LogP contribution in [-0.2, 0) is 0 Å². The SMILES string of the molecule is CCCCCN(C(N)=O)C1CC1. The van der Waals surface area contributed by atoms with Crippen LogP contribution >= 0.6 is 0 Å². The van der Waals surface area contributed by atoms with Crippen molar-refractivity contribution in [1.82, 2.24) is 4.90 Å². The van der Waals surface area contributed by atoms with Crippen molar-refractivity contribution in [2.75, 3.05) is 6.54 Å². The Labute approximate surface area is 73.9 Å². The highest BCUT2D eigenvalue weighted by atomic mass is 16.2. The third kappa shape index (κ3) is 2.72. The molecule has 2 N–H and O–H groups in total. The lowest BCUT2D eigenvalue weighted by molar-refractivity contribution is 0.203. The van der Waals surface area contributed by atoms with Gasteiger partial charge in [-0.05, 0) is 19.3 Å². The fourth-order valence-corrected chi connectivity index (χ4v) is 1.39. The molecule has 3 heteroatoms. The Hall–Kier alpha value is -0.730. The molecule has 0 aromatic rings. The van der Waals surface area contributed by atoms with E-state index in [0.29, 0.717) is 6.04 Å². The van der Waals surface area contributed by atoms with Gasteiger partial charge < -0.3 is 10.6 Å². The molecule has 12 heavy (non-hydrogen) atoms. The van der Waals surface area contributed by atoms with E-state index in [4.69, 9.17) is 5.73 Å². The van der Waals surface area contributed by atoms with Crippen LogP contribution in [0.2, 0.25) is 0 Å². The van der Waals surface area contributed by atoms with E-state index in [1.165, 1.54) is 12.8 Å². The molecule has 0 radical (unpaired) electrons. The third-order valence-corrected chi connectivity index (χ3v) is 2.27. The lowest BCUT2D eigenvalue weighted by Gasteiger charge is -2.19. The zero-order valence-electron chi connectivity index (χ0n) is 7.75. The van der Waals surface area contributed by atoms with Gasteiger partial charge in [0.05, 0.1) is 0 Å². The van der Waals surface area contributed by atoms with E-state index in [1.807, 2.05) is 4.90 Å². The maximum absolute atomic E-state index is 10.9. The summed E-state index contributed by atoms with van der Waals surface area (Å²) in [7, 11) is 0. The van der Waals surface area contributed by atoms with Crippen LogP contribution < -0.4 is 5.73 Å². The minimum atomic E-state index is -0.242. The molecule has 1 rings (SSSR count).